The number of nitrogens with zero attached hydrogens (tertiary/aromatic N) is 1. The molecule has 1 unspecified atom stereocenters. The fourth-order valence-corrected chi connectivity index (χ4v) is 3.89. The minimum atomic E-state index is -0.386. The van der Waals surface area contributed by atoms with Crippen molar-refractivity contribution < 1.29 is 14.3 Å². The average Bonchev–Trinajstić information content (AvgIpc) is 2.70. The number of hydrogen-bond donors (Lipinski definition) is 0. The Balaban J connectivity index is 1.88. The lowest BCUT2D eigenvalue weighted by Gasteiger charge is -2.34. The van der Waals surface area contributed by atoms with Crippen molar-refractivity contribution in [1.82, 2.24) is 0 Å². The van der Waals surface area contributed by atoms with Crippen LogP contribution in [0.1, 0.15) is 30.4 Å². The van der Waals surface area contributed by atoms with Gasteiger partial charge in [-0.3, -0.25) is 9.59 Å². The highest BCUT2D eigenvalue weighted by atomic mass is 16.5. The molecule has 0 bridgehead atoms. The van der Waals surface area contributed by atoms with E-state index in [0.717, 1.165) is 27.6 Å². The van der Waals surface area contributed by atoms with Crippen LogP contribution >= 0.6 is 0 Å². The summed E-state index contributed by atoms with van der Waals surface area (Å²) in [7, 11) is 0. The summed E-state index contributed by atoms with van der Waals surface area (Å²) in [4.78, 5) is 26.6. The van der Waals surface area contributed by atoms with Crippen LogP contribution in [-0.2, 0) is 14.3 Å². The number of esters is 1. The Labute approximate surface area is 158 Å². The molecule has 1 aliphatic rings. The molecule has 0 N–H and O–H groups in total. The maximum Gasteiger partial charge on any atom is 0.326 e. The highest BCUT2D eigenvalue weighted by Crippen LogP contribution is 2.43. The Morgan fingerprint density at radius 1 is 1.04 bits per heavy atom. The van der Waals surface area contributed by atoms with Gasteiger partial charge < -0.3 is 9.64 Å². The number of carbonyl (C=O) groups excluding carboxylic acids is 2. The third-order valence-corrected chi connectivity index (χ3v) is 5.06. The fourth-order valence-electron chi connectivity index (χ4n) is 3.89. The molecule has 1 amide bonds. The molecule has 0 fully saturated rings. The van der Waals surface area contributed by atoms with Gasteiger partial charge in [-0.1, -0.05) is 60.7 Å². The van der Waals surface area contributed by atoms with Crippen LogP contribution in [0.25, 0.3) is 10.8 Å². The second-order valence-corrected chi connectivity index (χ2v) is 6.67. The zero-order valence-corrected chi connectivity index (χ0v) is 15.2. The standard InChI is InChI=1S/C23H21NO3/c1-2-27-22(26)15-24-20-13-12-17-10-6-7-11-18(17)23(20)19(14-21(24)25)16-8-4-3-5-9-16/h3-13,19H,2,14-15H2,1H3. The molecule has 0 aliphatic carbocycles. The van der Waals surface area contributed by atoms with E-state index in [1.54, 1.807) is 11.8 Å². The summed E-state index contributed by atoms with van der Waals surface area (Å²) in [5.41, 5.74) is 3.01. The van der Waals surface area contributed by atoms with Crippen molar-refractivity contribution in [1.29, 1.82) is 0 Å². The number of carbonyl (C=O) groups is 2. The molecule has 4 rings (SSSR count). The smallest absolute Gasteiger partial charge is 0.326 e. The van der Waals surface area contributed by atoms with Gasteiger partial charge in [-0.25, -0.2) is 0 Å². The molecule has 4 nitrogen and oxygen atoms in total. The first kappa shape index (κ1) is 17.3. The van der Waals surface area contributed by atoms with Crippen molar-refractivity contribution in [3.8, 4) is 0 Å². The number of fused-ring (bicyclic) bond motifs is 3. The fraction of sp³-hybridized carbons (Fsp3) is 0.217. The molecule has 0 radical (unpaired) electrons. The normalized spacial score (nSPS) is 16.3. The number of hydrogen-bond acceptors (Lipinski definition) is 3. The van der Waals surface area contributed by atoms with Crippen LogP contribution in [0.4, 0.5) is 5.69 Å². The van der Waals surface area contributed by atoms with Crippen LogP contribution in [0.3, 0.4) is 0 Å². The Morgan fingerprint density at radius 2 is 1.78 bits per heavy atom. The van der Waals surface area contributed by atoms with Crippen LogP contribution in [0, 0.1) is 0 Å². The second-order valence-electron chi connectivity index (χ2n) is 6.67. The van der Waals surface area contributed by atoms with Crippen molar-refractivity contribution >= 4 is 28.3 Å². The number of ether oxygens (including phenoxy) is 1. The monoisotopic (exact) mass is 359 g/mol. The minimum Gasteiger partial charge on any atom is -0.465 e. The van der Waals surface area contributed by atoms with E-state index in [1.807, 2.05) is 42.5 Å². The van der Waals surface area contributed by atoms with Gasteiger partial charge in [0.15, 0.2) is 0 Å². The quantitative estimate of drug-likeness (QED) is 0.654. The summed E-state index contributed by atoms with van der Waals surface area (Å²) in [6, 6.07) is 22.2. The molecule has 0 saturated carbocycles. The topological polar surface area (TPSA) is 46.6 Å². The van der Waals surface area contributed by atoms with Crippen LogP contribution < -0.4 is 4.90 Å². The SMILES string of the molecule is CCOC(=O)CN1C(=O)CC(c2ccccc2)c2c1ccc1ccccc21. The van der Waals surface area contributed by atoms with E-state index in [4.69, 9.17) is 4.74 Å². The zero-order chi connectivity index (χ0) is 18.8. The Morgan fingerprint density at radius 3 is 2.56 bits per heavy atom. The van der Waals surface area contributed by atoms with E-state index >= 15 is 0 Å². The molecule has 0 aromatic heterocycles. The second kappa shape index (κ2) is 7.23. The summed E-state index contributed by atoms with van der Waals surface area (Å²) >= 11 is 0. The maximum atomic E-state index is 12.9. The highest BCUT2D eigenvalue weighted by Gasteiger charge is 2.34. The van der Waals surface area contributed by atoms with Gasteiger partial charge >= 0.3 is 5.97 Å². The minimum absolute atomic E-state index is 0.0294. The van der Waals surface area contributed by atoms with E-state index in [-0.39, 0.29) is 24.3 Å². The van der Waals surface area contributed by atoms with Gasteiger partial charge in [0.1, 0.15) is 6.54 Å². The number of anilines is 1. The number of amides is 1. The summed E-state index contributed by atoms with van der Waals surface area (Å²) in [5.74, 6) is -0.471. The first-order valence-electron chi connectivity index (χ1n) is 9.21. The van der Waals surface area contributed by atoms with Crippen molar-refractivity contribution in [3.05, 3.63) is 77.9 Å². The van der Waals surface area contributed by atoms with Gasteiger partial charge in [-0.05, 0) is 34.9 Å². The lowest BCUT2D eigenvalue weighted by Crippen LogP contribution is -2.41. The first-order chi connectivity index (χ1) is 13.2. The molecule has 4 heteroatoms. The van der Waals surface area contributed by atoms with E-state index in [9.17, 15) is 9.59 Å². The van der Waals surface area contributed by atoms with Crippen LogP contribution in [0.2, 0.25) is 0 Å². The van der Waals surface area contributed by atoms with Crippen LogP contribution in [-0.4, -0.2) is 25.0 Å². The zero-order valence-electron chi connectivity index (χ0n) is 15.2. The summed E-state index contributed by atoms with van der Waals surface area (Å²) in [6.07, 6.45) is 0.338. The van der Waals surface area contributed by atoms with Crippen molar-refractivity contribution in [2.45, 2.75) is 19.3 Å². The third-order valence-electron chi connectivity index (χ3n) is 5.06. The Kier molecular flexibility index (Phi) is 4.63. The average molecular weight is 359 g/mol. The predicted octanol–water partition coefficient (Wildman–Crippen LogP) is 4.27. The van der Waals surface area contributed by atoms with Gasteiger partial charge in [0.25, 0.3) is 0 Å². The van der Waals surface area contributed by atoms with Gasteiger partial charge in [0, 0.05) is 18.0 Å². The molecular weight excluding hydrogens is 338 g/mol. The van der Waals surface area contributed by atoms with Crippen molar-refractivity contribution in [2.24, 2.45) is 0 Å². The Bertz CT molecular complexity index is 997. The van der Waals surface area contributed by atoms with Crippen molar-refractivity contribution in [3.63, 3.8) is 0 Å². The number of benzene rings is 3. The molecule has 0 spiro atoms. The summed E-state index contributed by atoms with van der Waals surface area (Å²) < 4.78 is 5.07. The third kappa shape index (κ3) is 3.19. The van der Waals surface area contributed by atoms with E-state index < -0.39 is 0 Å². The summed E-state index contributed by atoms with van der Waals surface area (Å²) in [6.45, 7) is 2.01. The molecule has 1 atom stereocenters. The summed E-state index contributed by atoms with van der Waals surface area (Å²) in [5, 5.41) is 2.24. The molecular formula is C23H21NO3. The maximum absolute atomic E-state index is 12.9. The van der Waals surface area contributed by atoms with E-state index in [2.05, 4.69) is 24.3 Å². The lowest BCUT2D eigenvalue weighted by molar-refractivity contribution is -0.142. The highest BCUT2D eigenvalue weighted by molar-refractivity contribution is 6.05. The lowest BCUT2D eigenvalue weighted by atomic mass is 9.81. The number of rotatable bonds is 4. The van der Waals surface area contributed by atoms with E-state index in [1.165, 1.54) is 0 Å². The van der Waals surface area contributed by atoms with Gasteiger partial charge in [0.05, 0.1) is 6.61 Å². The molecule has 0 saturated heterocycles. The van der Waals surface area contributed by atoms with Gasteiger partial charge in [-0.2, -0.15) is 0 Å². The predicted molar refractivity (Wildman–Crippen MR) is 106 cm³/mol. The van der Waals surface area contributed by atoms with Gasteiger partial charge in [0.2, 0.25) is 5.91 Å². The molecule has 1 heterocycles. The van der Waals surface area contributed by atoms with Crippen molar-refractivity contribution in [2.75, 3.05) is 18.1 Å². The largest absolute Gasteiger partial charge is 0.465 e. The molecule has 1 aliphatic heterocycles. The molecule has 136 valence electrons. The van der Waals surface area contributed by atoms with Crippen LogP contribution in [0.15, 0.2) is 66.7 Å². The first-order valence-corrected chi connectivity index (χ1v) is 9.21. The molecule has 3 aromatic carbocycles. The van der Waals surface area contributed by atoms with Gasteiger partial charge in [-0.15, -0.1) is 0 Å². The molecule has 3 aromatic rings. The van der Waals surface area contributed by atoms with E-state index in [0.29, 0.717) is 13.0 Å². The Hall–Kier alpha value is -3.14. The molecule has 27 heavy (non-hydrogen) atoms. The van der Waals surface area contributed by atoms with Crippen LogP contribution in [0.5, 0.6) is 0 Å².